The van der Waals surface area contributed by atoms with Crippen molar-refractivity contribution in [2.24, 2.45) is 0 Å². The highest BCUT2D eigenvalue weighted by molar-refractivity contribution is 5.86. The summed E-state index contributed by atoms with van der Waals surface area (Å²) in [5, 5.41) is 1.27. The number of hydrogen-bond donors (Lipinski definition) is 1. The van der Waals surface area contributed by atoms with Gasteiger partial charge in [-0.05, 0) is 77.4 Å². The van der Waals surface area contributed by atoms with Crippen LogP contribution in [0.3, 0.4) is 0 Å². The molecule has 0 bridgehead atoms. The largest absolute Gasteiger partial charge is 0.497 e. The Morgan fingerprint density at radius 2 is 1.77 bits per heavy atom. The standard InChI is InChI=1S/C30H32N2O3/c1-4-19-5-7-20(8-6-19)18-35-30-13-21-11-12-32-17-27-25(15-28(32)23(21)16-29(30)34-3)24-14-22(33-2)9-10-26(24)31-27/h5-10,13-14,16,28,31H,4,11-12,15,17-18H2,1-3H3. The lowest BCUT2D eigenvalue weighted by molar-refractivity contribution is 0.158. The van der Waals surface area contributed by atoms with E-state index in [1.54, 1.807) is 14.2 Å². The molecule has 1 N–H and O–H groups in total. The molecule has 0 amide bonds. The molecule has 180 valence electrons. The van der Waals surface area contributed by atoms with Crippen LogP contribution in [0.4, 0.5) is 0 Å². The Bertz CT molecular complexity index is 1370. The zero-order valence-electron chi connectivity index (χ0n) is 20.7. The minimum atomic E-state index is 0.334. The minimum absolute atomic E-state index is 0.334. The van der Waals surface area contributed by atoms with Gasteiger partial charge in [0.25, 0.3) is 0 Å². The van der Waals surface area contributed by atoms with Gasteiger partial charge in [0.15, 0.2) is 11.5 Å². The lowest BCUT2D eigenvalue weighted by atomic mass is 9.85. The third-order valence-corrected chi connectivity index (χ3v) is 7.68. The third kappa shape index (κ3) is 3.94. The summed E-state index contributed by atoms with van der Waals surface area (Å²) in [6.07, 6.45) is 3.04. The van der Waals surface area contributed by atoms with E-state index in [2.05, 4.69) is 65.3 Å². The van der Waals surface area contributed by atoms with Crippen molar-refractivity contribution in [1.82, 2.24) is 9.88 Å². The fraction of sp³-hybridized carbons (Fsp3) is 0.333. The summed E-state index contributed by atoms with van der Waals surface area (Å²) >= 11 is 0. The van der Waals surface area contributed by atoms with Crippen LogP contribution in [-0.2, 0) is 32.4 Å². The number of H-pyrrole nitrogens is 1. The van der Waals surface area contributed by atoms with E-state index >= 15 is 0 Å². The zero-order chi connectivity index (χ0) is 23.9. The number of rotatable bonds is 6. The molecule has 0 radical (unpaired) electrons. The molecule has 1 aromatic heterocycles. The highest BCUT2D eigenvalue weighted by Crippen LogP contribution is 2.44. The van der Waals surface area contributed by atoms with Gasteiger partial charge in [-0.25, -0.2) is 0 Å². The number of aromatic nitrogens is 1. The van der Waals surface area contributed by atoms with E-state index in [0.717, 1.165) is 49.6 Å². The third-order valence-electron chi connectivity index (χ3n) is 7.68. The molecule has 0 fully saturated rings. The first-order chi connectivity index (χ1) is 17.2. The Kier molecular flexibility index (Phi) is 5.65. The van der Waals surface area contributed by atoms with Crippen LogP contribution in [-0.4, -0.2) is 30.6 Å². The Hall–Kier alpha value is -3.44. The fourth-order valence-corrected chi connectivity index (χ4v) is 5.67. The van der Waals surface area contributed by atoms with Gasteiger partial charge in [-0.3, -0.25) is 4.90 Å². The van der Waals surface area contributed by atoms with Crippen molar-refractivity contribution in [2.45, 2.75) is 45.4 Å². The molecule has 1 unspecified atom stereocenters. The predicted octanol–water partition coefficient (Wildman–Crippen LogP) is 5.98. The molecular formula is C30H32N2O3. The summed E-state index contributed by atoms with van der Waals surface area (Å²) in [7, 11) is 3.46. The number of methoxy groups -OCH3 is 2. The van der Waals surface area contributed by atoms with Gasteiger partial charge in [-0.15, -0.1) is 0 Å². The van der Waals surface area contributed by atoms with Crippen LogP contribution in [0.1, 0.15) is 46.5 Å². The summed E-state index contributed by atoms with van der Waals surface area (Å²) in [5.74, 6) is 2.54. The maximum atomic E-state index is 6.26. The molecular weight excluding hydrogens is 436 g/mol. The molecule has 4 aromatic rings. The average Bonchev–Trinajstić information content (AvgIpc) is 3.26. The highest BCUT2D eigenvalue weighted by Gasteiger charge is 2.34. The molecule has 0 aliphatic carbocycles. The Labute approximate surface area is 206 Å². The van der Waals surface area contributed by atoms with Crippen LogP contribution in [0, 0.1) is 0 Å². The molecule has 2 aliphatic rings. The van der Waals surface area contributed by atoms with Crippen LogP contribution in [0.25, 0.3) is 10.9 Å². The predicted molar refractivity (Wildman–Crippen MR) is 139 cm³/mol. The molecule has 3 heterocycles. The van der Waals surface area contributed by atoms with E-state index in [0.29, 0.717) is 12.6 Å². The van der Waals surface area contributed by atoms with E-state index in [1.165, 1.54) is 44.4 Å². The first kappa shape index (κ1) is 22.1. The van der Waals surface area contributed by atoms with Crippen LogP contribution < -0.4 is 14.2 Å². The maximum Gasteiger partial charge on any atom is 0.161 e. The topological polar surface area (TPSA) is 46.7 Å². The monoisotopic (exact) mass is 468 g/mol. The van der Waals surface area contributed by atoms with Gasteiger partial charge in [0.2, 0.25) is 0 Å². The van der Waals surface area contributed by atoms with E-state index in [4.69, 9.17) is 14.2 Å². The Morgan fingerprint density at radius 3 is 2.54 bits per heavy atom. The molecule has 0 saturated heterocycles. The SMILES string of the molecule is CCc1ccc(COc2cc3c(cc2OC)C2Cc4c([nH]c5ccc(OC)cc45)CN2CC3)cc1. The van der Waals surface area contributed by atoms with Gasteiger partial charge < -0.3 is 19.2 Å². The van der Waals surface area contributed by atoms with Gasteiger partial charge in [0.1, 0.15) is 12.4 Å². The lowest BCUT2D eigenvalue weighted by Gasteiger charge is -2.40. The summed E-state index contributed by atoms with van der Waals surface area (Å²) < 4.78 is 17.6. The Morgan fingerprint density at radius 1 is 0.943 bits per heavy atom. The average molecular weight is 469 g/mol. The van der Waals surface area contributed by atoms with Gasteiger partial charge in [-0.2, -0.15) is 0 Å². The second kappa shape index (κ2) is 8.97. The smallest absolute Gasteiger partial charge is 0.161 e. The molecule has 5 heteroatoms. The van der Waals surface area contributed by atoms with Gasteiger partial charge in [0, 0.05) is 35.7 Å². The van der Waals surface area contributed by atoms with Crippen molar-refractivity contribution in [3.63, 3.8) is 0 Å². The van der Waals surface area contributed by atoms with Crippen molar-refractivity contribution in [3.05, 3.63) is 88.1 Å². The summed E-state index contributed by atoms with van der Waals surface area (Å²) in [4.78, 5) is 6.24. The first-order valence-electron chi connectivity index (χ1n) is 12.5. The molecule has 1 atom stereocenters. The van der Waals surface area contributed by atoms with Crippen molar-refractivity contribution < 1.29 is 14.2 Å². The van der Waals surface area contributed by atoms with Gasteiger partial charge >= 0.3 is 0 Å². The number of aryl methyl sites for hydroxylation is 1. The molecule has 6 rings (SSSR count). The second-order valence-corrected chi connectivity index (χ2v) is 9.59. The number of nitrogens with zero attached hydrogens (tertiary/aromatic N) is 1. The summed E-state index contributed by atoms with van der Waals surface area (Å²) in [6.45, 7) is 4.69. The number of hydrogen-bond acceptors (Lipinski definition) is 4. The molecule has 3 aromatic carbocycles. The highest BCUT2D eigenvalue weighted by atomic mass is 16.5. The van der Waals surface area contributed by atoms with Crippen molar-refractivity contribution in [3.8, 4) is 17.2 Å². The van der Waals surface area contributed by atoms with E-state index in [-0.39, 0.29) is 0 Å². The van der Waals surface area contributed by atoms with Crippen LogP contribution in [0.15, 0.2) is 54.6 Å². The number of benzene rings is 3. The first-order valence-corrected chi connectivity index (χ1v) is 12.5. The van der Waals surface area contributed by atoms with Crippen LogP contribution >= 0.6 is 0 Å². The number of fused-ring (bicyclic) bond motifs is 6. The number of aromatic amines is 1. The fourth-order valence-electron chi connectivity index (χ4n) is 5.67. The zero-order valence-corrected chi connectivity index (χ0v) is 20.7. The van der Waals surface area contributed by atoms with Gasteiger partial charge in [0.05, 0.1) is 14.2 Å². The van der Waals surface area contributed by atoms with Crippen molar-refractivity contribution in [2.75, 3.05) is 20.8 Å². The van der Waals surface area contributed by atoms with Crippen molar-refractivity contribution in [1.29, 1.82) is 0 Å². The van der Waals surface area contributed by atoms with Gasteiger partial charge in [-0.1, -0.05) is 31.2 Å². The van der Waals surface area contributed by atoms with Crippen LogP contribution in [0.2, 0.25) is 0 Å². The molecule has 5 nitrogen and oxygen atoms in total. The van der Waals surface area contributed by atoms with Crippen LogP contribution in [0.5, 0.6) is 17.2 Å². The minimum Gasteiger partial charge on any atom is -0.497 e. The van der Waals surface area contributed by atoms with E-state index in [1.807, 2.05) is 6.07 Å². The maximum absolute atomic E-state index is 6.26. The van der Waals surface area contributed by atoms with Crippen molar-refractivity contribution >= 4 is 10.9 Å². The quantitative estimate of drug-likeness (QED) is 0.378. The number of ether oxygens (including phenoxy) is 3. The molecule has 2 aliphatic heterocycles. The molecule has 35 heavy (non-hydrogen) atoms. The normalized spacial score (nSPS) is 16.9. The summed E-state index contributed by atoms with van der Waals surface area (Å²) in [5.41, 5.74) is 9.15. The molecule has 0 spiro atoms. The lowest BCUT2D eigenvalue weighted by Crippen LogP contribution is -2.39. The second-order valence-electron chi connectivity index (χ2n) is 9.59. The van der Waals surface area contributed by atoms with E-state index < -0.39 is 0 Å². The molecule has 0 saturated carbocycles. The van der Waals surface area contributed by atoms with E-state index in [9.17, 15) is 0 Å². The number of nitrogens with one attached hydrogen (secondary N) is 1. The Balaban J connectivity index is 1.30. The summed E-state index contributed by atoms with van der Waals surface area (Å²) in [6, 6.07) is 19.7.